The van der Waals surface area contributed by atoms with Gasteiger partial charge in [-0.2, -0.15) is 0 Å². The number of likely N-dealkylation sites (tertiary alicyclic amines) is 1. The third-order valence-corrected chi connectivity index (χ3v) is 3.11. The molecule has 5 heteroatoms. The third kappa shape index (κ3) is 3.14. The SMILES string of the molecule is C[C@H](C(=O)O)N1CC[C@@H](O)[C@@H](CCF)C1. The molecule has 0 spiro atoms. The Kier molecular flexibility index (Phi) is 4.47. The van der Waals surface area contributed by atoms with Crippen LogP contribution in [0.15, 0.2) is 0 Å². The molecule has 0 bridgehead atoms. The molecule has 0 aromatic carbocycles. The minimum absolute atomic E-state index is 0.134. The molecule has 1 fully saturated rings. The van der Waals surface area contributed by atoms with Crippen LogP contribution in [-0.2, 0) is 4.79 Å². The zero-order chi connectivity index (χ0) is 11.4. The molecule has 0 aliphatic carbocycles. The van der Waals surface area contributed by atoms with Crippen LogP contribution in [0, 0.1) is 5.92 Å². The van der Waals surface area contributed by atoms with Gasteiger partial charge in [-0.3, -0.25) is 14.1 Å². The van der Waals surface area contributed by atoms with E-state index in [4.69, 9.17) is 5.11 Å². The monoisotopic (exact) mass is 219 g/mol. The van der Waals surface area contributed by atoms with Crippen LogP contribution in [0.4, 0.5) is 4.39 Å². The normalized spacial score (nSPS) is 30.1. The van der Waals surface area contributed by atoms with Crippen molar-refractivity contribution in [2.24, 2.45) is 5.92 Å². The maximum atomic E-state index is 12.2. The molecular weight excluding hydrogens is 201 g/mol. The Morgan fingerprint density at radius 1 is 1.67 bits per heavy atom. The Morgan fingerprint density at radius 3 is 2.87 bits per heavy atom. The van der Waals surface area contributed by atoms with Crippen molar-refractivity contribution < 1.29 is 19.4 Å². The fourth-order valence-electron chi connectivity index (χ4n) is 1.98. The van der Waals surface area contributed by atoms with Gasteiger partial charge in [0.2, 0.25) is 0 Å². The summed E-state index contributed by atoms with van der Waals surface area (Å²) in [6, 6.07) is -0.556. The summed E-state index contributed by atoms with van der Waals surface area (Å²) in [7, 11) is 0. The van der Waals surface area contributed by atoms with E-state index >= 15 is 0 Å². The summed E-state index contributed by atoms with van der Waals surface area (Å²) in [6.07, 6.45) is 0.352. The standard InChI is InChI=1S/C10H18FNO3/c1-7(10(14)15)12-5-3-9(13)8(6-12)2-4-11/h7-9,13H,2-6H2,1H3,(H,14,15)/t7-,8+,9-/m1/s1. The average molecular weight is 219 g/mol. The minimum atomic E-state index is -0.870. The first-order valence-electron chi connectivity index (χ1n) is 5.27. The number of carbonyl (C=O) groups is 1. The number of alkyl halides is 1. The highest BCUT2D eigenvalue weighted by Gasteiger charge is 2.31. The highest BCUT2D eigenvalue weighted by Crippen LogP contribution is 2.22. The molecule has 0 saturated carbocycles. The van der Waals surface area contributed by atoms with Crippen LogP contribution >= 0.6 is 0 Å². The van der Waals surface area contributed by atoms with Gasteiger partial charge in [0.05, 0.1) is 12.8 Å². The first kappa shape index (κ1) is 12.4. The number of carboxylic acid groups (broad SMARTS) is 1. The Morgan fingerprint density at radius 2 is 2.33 bits per heavy atom. The molecule has 0 aromatic rings. The number of aliphatic hydroxyl groups is 1. The number of halogens is 1. The Labute approximate surface area is 88.7 Å². The minimum Gasteiger partial charge on any atom is -0.480 e. The maximum absolute atomic E-state index is 12.2. The molecule has 1 heterocycles. The smallest absolute Gasteiger partial charge is 0.320 e. The lowest BCUT2D eigenvalue weighted by Gasteiger charge is -2.37. The van der Waals surface area contributed by atoms with E-state index in [0.717, 1.165) is 0 Å². The van der Waals surface area contributed by atoms with E-state index < -0.39 is 24.8 Å². The molecule has 1 aliphatic rings. The summed E-state index contributed by atoms with van der Waals surface area (Å²) in [4.78, 5) is 12.6. The van der Waals surface area contributed by atoms with Crippen molar-refractivity contribution in [2.75, 3.05) is 19.8 Å². The van der Waals surface area contributed by atoms with Gasteiger partial charge < -0.3 is 10.2 Å². The molecule has 2 N–H and O–H groups in total. The molecule has 0 radical (unpaired) electrons. The van der Waals surface area contributed by atoms with E-state index in [1.807, 2.05) is 0 Å². The Balaban J connectivity index is 2.53. The van der Waals surface area contributed by atoms with Crippen LogP contribution in [0.3, 0.4) is 0 Å². The van der Waals surface area contributed by atoms with Crippen molar-refractivity contribution in [3.8, 4) is 0 Å². The Bertz CT molecular complexity index is 225. The van der Waals surface area contributed by atoms with Crippen molar-refractivity contribution in [1.82, 2.24) is 4.90 Å². The molecule has 1 aliphatic heterocycles. The van der Waals surface area contributed by atoms with Gasteiger partial charge in [-0.05, 0) is 19.8 Å². The van der Waals surface area contributed by atoms with Gasteiger partial charge in [0.15, 0.2) is 0 Å². The van der Waals surface area contributed by atoms with Crippen LogP contribution in [0.5, 0.6) is 0 Å². The molecule has 88 valence electrons. The summed E-state index contributed by atoms with van der Waals surface area (Å²) in [5.41, 5.74) is 0. The second-order valence-corrected chi connectivity index (χ2v) is 4.10. The van der Waals surface area contributed by atoms with Gasteiger partial charge >= 0.3 is 5.97 Å². The van der Waals surface area contributed by atoms with E-state index in [0.29, 0.717) is 25.9 Å². The van der Waals surface area contributed by atoms with Gasteiger partial charge in [0.1, 0.15) is 6.04 Å². The fourth-order valence-corrected chi connectivity index (χ4v) is 1.98. The molecule has 1 saturated heterocycles. The van der Waals surface area contributed by atoms with Crippen LogP contribution < -0.4 is 0 Å². The van der Waals surface area contributed by atoms with Gasteiger partial charge in [0.25, 0.3) is 0 Å². The van der Waals surface area contributed by atoms with Gasteiger partial charge in [0, 0.05) is 19.0 Å². The molecule has 15 heavy (non-hydrogen) atoms. The Hall–Kier alpha value is -0.680. The van der Waals surface area contributed by atoms with Gasteiger partial charge in [-0.15, -0.1) is 0 Å². The summed E-state index contributed by atoms with van der Waals surface area (Å²) < 4.78 is 12.2. The van der Waals surface area contributed by atoms with E-state index in [1.54, 1.807) is 11.8 Å². The van der Waals surface area contributed by atoms with Gasteiger partial charge in [-0.1, -0.05) is 0 Å². The maximum Gasteiger partial charge on any atom is 0.320 e. The number of rotatable bonds is 4. The van der Waals surface area contributed by atoms with Crippen molar-refractivity contribution in [1.29, 1.82) is 0 Å². The molecule has 3 atom stereocenters. The fraction of sp³-hybridized carbons (Fsp3) is 0.900. The van der Waals surface area contributed by atoms with Crippen molar-refractivity contribution in [2.45, 2.75) is 31.9 Å². The molecule has 4 nitrogen and oxygen atoms in total. The zero-order valence-corrected chi connectivity index (χ0v) is 8.90. The molecule has 0 amide bonds. The summed E-state index contributed by atoms with van der Waals surface area (Å²) in [6.45, 7) is 2.19. The number of carboxylic acids is 1. The topological polar surface area (TPSA) is 60.8 Å². The van der Waals surface area contributed by atoms with Crippen LogP contribution in [0.25, 0.3) is 0 Å². The second-order valence-electron chi connectivity index (χ2n) is 4.10. The predicted molar refractivity (Wildman–Crippen MR) is 53.4 cm³/mol. The second kappa shape index (κ2) is 5.42. The molecule has 0 unspecified atom stereocenters. The lowest BCUT2D eigenvalue weighted by atomic mass is 9.91. The lowest BCUT2D eigenvalue weighted by molar-refractivity contribution is -0.144. The average Bonchev–Trinajstić information content (AvgIpc) is 2.20. The van der Waals surface area contributed by atoms with Crippen LogP contribution in [0.2, 0.25) is 0 Å². The van der Waals surface area contributed by atoms with Crippen molar-refractivity contribution >= 4 is 5.97 Å². The lowest BCUT2D eigenvalue weighted by Crippen LogP contribution is -2.49. The quantitative estimate of drug-likeness (QED) is 0.723. The highest BCUT2D eigenvalue weighted by atomic mass is 19.1. The number of aliphatic hydroxyl groups excluding tert-OH is 1. The molecular formula is C10H18FNO3. The van der Waals surface area contributed by atoms with E-state index in [-0.39, 0.29) is 5.92 Å². The summed E-state index contributed by atoms with van der Waals surface area (Å²) in [5, 5.41) is 18.4. The first-order chi connectivity index (χ1) is 7.06. The number of nitrogens with zero attached hydrogens (tertiary/aromatic N) is 1. The van der Waals surface area contributed by atoms with Gasteiger partial charge in [-0.25, -0.2) is 0 Å². The largest absolute Gasteiger partial charge is 0.480 e. The van der Waals surface area contributed by atoms with Crippen molar-refractivity contribution in [3.05, 3.63) is 0 Å². The van der Waals surface area contributed by atoms with E-state index in [2.05, 4.69) is 0 Å². The number of piperidine rings is 1. The highest BCUT2D eigenvalue weighted by molar-refractivity contribution is 5.72. The van der Waals surface area contributed by atoms with E-state index in [9.17, 15) is 14.3 Å². The van der Waals surface area contributed by atoms with Crippen molar-refractivity contribution in [3.63, 3.8) is 0 Å². The summed E-state index contributed by atoms with van der Waals surface area (Å²) in [5.74, 6) is -1.00. The predicted octanol–water partition coefficient (Wildman–Crippen LogP) is 0.502. The first-order valence-corrected chi connectivity index (χ1v) is 5.27. The van der Waals surface area contributed by atoms with Crippen LogP contribution in [0.1, 0.15) is 19.8 Å². The van der Waals surface area contributed by atoms with E-state index in [1.165, 1.54) is 0 Å². The number of hydrogen-bond acceptors (Lipinski definition) is 3. The third-order valence-electron chi connectivity index (χ3n) is 3.11. The molecule has 1 rings (SSSR count). The molecule has 0 aromatic heterocycles. The number of aliphatic carboxylic acids is 1. The van der Waals surface area contributed by atoms with Crippen LogP contribution in [-0.4, -0.2) is 53.0 Å². The zero-order valence-electron chi connectivity index (χ0n) is 8.90. The number of hydrogen-bond donors (Lipinski definition) is 2. The summed E-state index contributed by atoms with van der Waals surface area (Å²) >= 11 is 0.